The summed E-state index contributed by atoms with van der Waals surface area (Å²) in [7, 11) is 0. The van der Waals surface area contributed by atoms with Gasteiger partial charge in [0.1, 0.15) is 0 Å². The first-order valence-electron chi connectivity index (χ1n) is 8.01. The molecule has 0 atom stereocenters. The zero-order valence-corrected chi connectivity index (χ0v) is 14.9. The highest BCUT2D eigenvalue weighted by Crippen LogP contribution is 2.25. The number of fused-ring (bicyclic) bond motifs is 1. The van der Waals surface area contributed by atoms with Crippen LogP contribution in [0.1, 0.15) is 50.7 Å². The maximum atomic E-state index is 9.67. The van der Waals surface area contributed by atoms with Crippen LogP contribution in [0, 0.1) is 0 Å². The second-order valence-corrected chi connectivity index (χ2v) is 5.38. The molecule has 0 saturated heterocycles. The smallest absolute Gasteiger partial charge is 0.197 e. The minimum absolute atomic E-state index is 0. The standard InChI is InChI=1S/C18H24.CHF3.H2S/c1-3-5-9-15-13-14-16-10-7-8-12-18(16)17(15)11-6-4-2;2-1(3)4;/h7-8,10,12-14H,3-6,9,11H2,1-2H3;1H;1H2. The lowest BCUT2D eigenvalue weighted by Crippen LogP contribution is -1.96. The number of alkyl halides is 3. The molecule has 0 nitrogen and oxygen atoms in total. The molecule has 0 bridgehead atoms. The Bertz CT molecular complexity index is 553. The first kappa shape index (κ1) is 21.8. The van der Waals surface area contributed by atoms with E-state index in [1.54, 1.807) is 11.1 Å². The Balaban J connectivity index is 0.000000871. The fourth-order valence-corrected chi connectivity index (χ4v) is 2.63. The second-order valence-electron chi connectivity index (χ2n) is 5.38. The Kier molecular flexibility index (Phi) is 11.7. The van der Waals surface area contributed by atoms with Crippen molar-refractivity contribution in [2.75, 3.05) is 0 Å². The lowest BCUT2D eigenvalue weighted by atomic mass is 9.92. The molecule has 130 valence electrons. The summed E-state index contributed by atoms with van der Waals surface area (Å²) in [6, 6.07) is 13.5. The van der Waals surface area contributed by atoms with Crippen molar-refractivity contribution in [1.29, 1.82) is 0 Å². The van der Waals surface area contributed by atoms with Gasteiger partial charge >= 0.3 is 6.68 Å². The number of hydrogen-bond donors (Lipinski definition) is 0. The molecule has 23 heavy (non-hydrogen) atoms. The van der Waals surface area contributed by atoms with Crippen LogP contribution in [0.2, 0.25) is 0 Å². The highest BCUT2D eigenvalue weighted by molar-refractivity contribution is 7.59. The molecule has 0 aliphatic heterocycles. The molecule has 0 aromatic heterocycles. The van der Waals surface area contributed by atoms with Crippen LogP contribution in [0.4, 0.5) is 13.2 Å². The van der Waals surface area contributed by atoms with Gasteiger partial charge in [0, 0.05) is 0 Å². The molecular formula is C19H27F3S. The third-order valence-electron chi connectivity index (χ3n) is 3.72. The molecule has 0 spiro atoms. The summed E-state index contributed by atoms with van der Waals surface area (Å²) in [4.78, 5) is 0. The third kappa shape index (κ3) is 7.78. The molecule has 0 unspecified atom stereocenters. The molecule has 0 N–H and O–H groups in total. The lowest BCUT2D eigenvalue weighted by Gasteiger charge is -2.13. The fourth-order valence-electron chi connectivity index (χ4n) is 2.63. The van der Waals surface area contributed by atoms with Crippen LogP contribution in [0.3, 0.4) is 0 Å². The number of aryl methyl sites for hydroxylation is 2. The Morgan fingerprint density at radius 2 is 1.39 bits per heavy atom. The molecule has 0 radical (unpaired) electrons. The maximum Gasteiger partial charge on any atom is 0.379 e. The number of halogens is 3. The molecule has 2 rings (SSSR count). The van der Waals surface area contributed by atoms with Gasteiger partial charge in [0.25, 0.3) is 0 Å². The number of hydrogen-bond acceptors (Lipinski definition) is 0. The van der Waals surface area contributed by atoms with Gasteiger partial charge in [0.15, 0.2) is 0 Å². The highest BCUT2D eigenvalue weighted by Gasteiger charge is 2.06. The summed E-state index contributed by atoms with van der Waals surface area (Å²) < 4.78 is 29.0. The second kappa shape index (κ2) is 12.3. The van der Waals surface area contributed by atoms with Crippen molar-refractivity contribution in [2.45, 2.75) is 59.1 Å². The lowest BCUT2D eigenvalue weighted by molar-refractivity contribution is 0.00819. The number of rotatable bonds is 6. The summed E-state index contributed by atoms with van der Waals surface area (Å²) in [6.45, 7) is 0.879. The normalized spacial score (nSPS) is 10.2. The summed E-state index contributed by atoms with van der Waals surface area (Å²) >= 11 is 0. The van der Waals surface area contributed by atoms with Crippen LogP contribution in [0.5, 0.6) is 0 Å². The largest absolute Gasteiger partial charge is 0.379 e. The molecule has 0 fully saturated rings. The molecule has 4 heteroatoms. The third-order valence-corrected chi connectivity index (χ3v) is 3.72. The van der Waals surface area contributed by atoms with Gasteiger partial charge in [-0.05, 0) is 47.6 Å². The van der Waals surface area contributed by atoms with Crippen molar-refractivity contribution < 1.29 is 13.2 Å². The number of benzene rings is 2. The Morgan fingerprint density at radius 3 is 2.00 bits per heavy atom. The van der Waals surface area contributed by atoms with Crippen molar-refractivity contribution in [1.82, 2.24) is 0 Å². The van der Waals surface area contributed by atoms with E-state index in [9.17, 15) is 13.2 Å². The zero-order chi connectivity index (χ0) is 16.4. The van der Waals surface area contributed by atoms with Crippen molar-refractivity contribution in [3.8, 4) is 0 Å². The summed E-state index contributed by atoms with van der Waals surface area (Å²) in [5, 5.41) is 2.86. The van der Waals surface area contributed by atoms with Gasteiger partial charge in [-0.15, -0.1) is 0 Å². The molecule has 0 heterocycles. The van der Waals surface area contributed by atoms with Gasteiger partial charge in [-0.2, -0.15) is 26.7 Å². The van der Waals surface area contributed by atoms with Gasteiger partial charge in [-0.1, -0.05) is 63.1 Å². The maximum absolute atomic E-state index is 9.67. The van der Waals surface area contributed by atoms with E-state index < -0.39 is 6.68 Å². The molecule has 2 aromatic carbocycles. The van der Waals surface area contributed by atoms with E-state index in [2.05, 4.69) is 50.2 Å². The van der Waals surface area contributed by atoms with E-state index in [0.29, 0.717) is 0 Å². The summed E-state index contributed by atoms with van der Waals surface area (Å²) in [5.74, 6) is 0. The van der Waals surface area contributed by atoms with E-state index in [1.807, 2.05) is 0 Å². The first-order valence-corrected chi connectivity index (χ1v) is 8.01. The van der Waals surface area contributed by atoms with Crippen LogP contribution in [-0.2, 0) is 12.8 Å². The van der Waals surface area contributed by atoms with Gasteiger partial charge in [-0.25, -0.2) is 0 Å². The van der Waals surface area contributed by atoms with Crippen LogP contribution < -0.4 is 0 Å². The first-order chi connectivity index (χ1) is 10.6. The summed E-state index contributed by atoms with van der Waals surface area (Å²) in [5.41, 5.74) is 3.17. The molecule has 0 aliphatic carbocycles. The van der Waals surface area contributed by atoms with E-state index >= 15 is 0 Å². The van der Waals surface area contributed by atoms with Crippen LogP contribution in [-0.4, -0.2) is 6.68 Å². The number of unbranched alkanes of at least 4 members (excludes halogenated alkanes) is 2. The minimum atomic E-state index is -3.67. The van der Waals surface area contributed by atoms with Gasteiger partial charge in [0.05, 0.1) is 0 Å². The zero-order valence-electron chi connectivity index (χ0n) is 13.9. The molecule has 0 saturated carbocycles. The average Bonchev–Trinajstić information content (AvgIpc) is 2.50. The van der Waals surface area contributed by atoms with E-state index in [4.69, 9.17) is 0 Å². The van der Waals surface area contributed by atoms with Crippen LogP contribution in [0.15, 0.2) is 36.4 Å². The summed E-state index contributed by atoms with van der Waals surface area (Å²) in [6.07, 6.45) is 7.62. The topological polar surface area (TPSA) is 0 Å². The van der Waals surface area contributed by atoms with Crippen molar-refractivity contribution in [2.24, 2.45) is 0 Å². The van der Waals surface area contributed by atoms with Gasteiger partial charge in [0.2, 0.25) is 0 Å². The van der Waals surface area contributed by atoms with E-state index in [1.165, 1.54) is 49.3 Å². The van der Waals surface area contributed by atoms with Crippen molar-refractivity contribution >= 4 is 24.3 Å². The molecule has 2 aromatic rings. The highest BCUT2D eigenvalue weighted by atomic mass is 32.1. The average molecular weight is 344 g/mol. The molecular weight excluding hydrogens is 317 g/mol. The SMILES string of the molecule is CCCCc1ccc2ccccc2c1CCCC.FC(F)F.S. The van der Waals surface area contributed by atoms with Gasteiger partial charge < -0.3 is 0 Å². The fraction of sp³-hybridized carbons (Fsp3) is 0.474. The Morgan fingerprint density at radius 1 is 0.826 bits per heavy atom. The van der Waals surface area contributed by atoms with Crippen molar-refractivity contribution in [3.63, 3.8) is 0 Å². The van der Waals surface area contributed by atoms with Crippen LogP contribution >= 0.6 is 13.5 Å². The Labute approximate surface area is 144 Å². The Hall–Kier alpha value is -1.16. The molecule has 0 amide bonds. The predicted molar refractivity (Wildman–Crippen MR) is 98.7 cm³/mol. The van der Waals surface area contributed by atoms with E-state index in [-0.39, 0.29) is 13.5 Å². The van der Waals surface area contributed by atoms with Crippen molar-refractivity contribution in [3.05, 3.63) is 47.5 Å². The monoisotopic (exact) mass is 344 g/mol. The minimum Gasteiger partial charge on any atom is -0.197 e. The van der Waals surface area contributed by atoms with E-state index in [0.717, 1.165) is 0 Å². The molecule has 0 aliphatic rings. The van der Waals surface area contributed by atoms with Crippen LogP contribution in [0.25, 0.3) is 10.8 Å². The van der Waals surface area contributed by atoms with Gasteiger partial charge in [-0.3, -0.25) is 0 Å². The predicted octanol–water partition coefficient (Wildman–Crippen LogP) is 6.82. The quantitative estimate of drug-likeness (QED) is 0.539.